The SMILES string of the molecule is CC(C)CC(=O)N1CCOC(Cc2cccc(-c3ccncc3)c2)(C(=O)NC2CC2)C1. The summed E-state index contributed by atoms with van der Waals surface area (Å²) in [4.78, 5) is 32.0. The van der Waals surface area contributed by atoms with Gasteiger partial charge < -0.3 is 15.0 Å². The van der Waals surface area contributed by atoms with E-state index in [9.17, 15) is 9.59 Å². The molecule has 6 nitrogen and oxygen atoms in total. The number of pyridine rings is 1. The minimum Gasteiger partial charge on any atom is -0.361 e. The second kappa shape index (κ2) is 9.18. The first-order chi connectivity index (χ1) is 14.9. The minimum absolute atomic E-state index is 0.0902. The summed E-state index contributed by atoms with van der Waals surface area (Å²) in [6, 6.07) is 12.3. The van der Waals surface area contributed by atoms with Gasteiger partial charge >= 0.3 is 0 Å². The molecule has 1 aromatic carbocycles. The smallest absolute Gasteiger partial charge is 0.254 e. The highest BCUT2D eigenvalue weighted by Gasteiger charge is 2.46. The van der Waals surface area contributed by atoms with Crippen LogP contribution in [0.3, 0.4) is 0 Å². The fraction of sp³-hybridized carbons (Fsp3) is 0.480. The summed E-state index contributed by atoms with van der Waals surface area (Å²) in [6.45, 7) is 5.26. The molecule has 1 aromatic heterocycles. The van der Waals surface area contributed by atoms with Crippen molar-refractivity contribution in [2.24, 2.45) is 5.92 Å². The second-order valence-electron chi connectivity index (χ2n) is 9.12. The minimum atomic E-state index is -1.07. The van der Waals surface area contributed by atoms with Crippen LogP contribution in [0.5, 0.6) is 0 Å². The molecule has 1 saturated carbocycles. The van der Waals surface area contributed by atoms with Gasteiger partial charge in [-0.2, -0.15) is 0 Å². The Labute approximate surface area is 184 Å². The number of ether oxygens (including phenoxy) is 1. The zero-order chi connectivity index (χ0) is 21.8. The zero-order valence-electron chi connectivity index (χ0n) is 18.3. The van der Waals surface area contributed by atoms with Crippen LogP contribution in [-0.2, 0) is 20.7 Å². The van der Waals surface area contributed by atoms with Gasteiger partial charge in [0.05, 0.1) is 13.2 Å². The molecule has 2 fully saturated rings. The predicted molar refractivity (Wildman–Crippen MR) is 119 cm³/mol. The van der Waals surface area contributed by atoms with Gasteiger partial charge in [0.1, 0.15) is 0 Å². The number of benzene rings is 1. The summed E-state index contributed by atoms with van der Waals surface area (Å²) < 4.78 is 6.18. The molecule has 2 aromatic rings. The van der Waals surface area contributed by atoms with Gasteiger partial charge in [0.15, 0.2) is 5.60 Å². The lowest BCUT2D eigenvalue weighted by Crippen LogP contribution is -2.62. The summed E-state index contributed by atoms with van der Waals surface area (Å²) in [5.41, 5.74) is 2.09. The average molecular weight is 422 g/mol. The van der Waals surface area contributed by atoms with Crippen LogP contribution >= 0.6 is 0 Å². The zero-order valence-corrected chi connectivity index (χ0v) is 18.3. The lowest BCUT2D eigenvalue weighted by molar-refractivity contribution is -0.166. The molecule has 2 aliphatic rings. The van der Waals surface area contributed by atoms with Crippen molar-refractivity contribution in [2.45, 2.75) is 51.2 Å². The van der Waals surface area contributed by atoms with E-state index < -0.39 is 5.60 Å². The molecule has 1 aliphatic heterocycles. The van der Waals surface area contributed by atoms with Crippen LogP contribution in [0.25, 0.3) is 11.1 Å². The standard InChI is InChI=1S/C25H31N3O3/c1-18(2)14-23(29)28-12-13-31-25(17-28,24(30)27-22-6-7-22)16-19-4-3-5-21(15-19)20-8-10-26-11-9-20/h3-5,8-11,15,18,22H,6-7,12-14,16-17H2,1-2H3,(H,27,30). The molecular formula is C25H31N3O3. The molecule has 2 amide bonds. The Hall–Kier alpha value is -2.73. The molecule has 1 unspecified atom stereocenters. The van der Waals surface area contributed by atoms with E-state index in [1.165, 1.54) is 0 Å². The van der Waals surface area contributed by atoms with E-state index in [4.69, 9.17) is 4.74 Å². The van der Waals surface area contributed by atoms with Gasteiger partial charge in [-0.25, -0.2) is 0 Å². The summed E-state index contributed by atoms with van der Waals surface area (Å²) in [5, 5.41) is 3.12. The fourth-order valence-corrected chi connectivity index (χ4v) is 4.08. The molecule has 4 rings (SSSR count). The number of nitrogens with zero attached hydrogens (tertiary/aromatic N) is 2. The molecule has 0 spiro atoms. The third kappa shape index (κ3) is 5.31. The second-order valence-corrected chi connectivity index (χ2v) is 9.12. The largest absolute Gasteiger partial charge is 0.361 e. The first kappa shape index (κ1) is 21.5. The molecule has 1 N–H and O–H groups in total. The normalized spacial score (nSPS) is 21.2. The van der Waals surface area contributed by atoms with Crippen LogP contribution in [0.15, 0.2) is 48.8 Å². The number of rotatable bonds is 7. The Morgan fingerprint density at radius 3 is 2.68 bits per heavy atom. The Morgan fingerprint density at radius 1 is 1.19 bits per heavy atom. The lowest BCUT2D eigenvalue weighted by atomic mass is 9.89. The van der Waals surface area contributed by atoms with E-state index in [-0.39, 0.29) is 30.3 Å². The van der Waals surface area contributed by atoms with Crippen LogP contribution in [0.1, 0.15) is 38.7 Å². The first-order valence-corrected chi connectivity index (χ1v) is 11.2. The van der Waals surface area contributed by atoms with E-state index in [2.05, 4.69) is 22.4 Å². The molecule has 0 bridgehead atoms. The van der Waals surface area contributed by atoms with Crippen LogP contribution in [0.2, 0.25) is 0 Å². The topological polar surface area (TPSA) is 71.5 Å². The van der Waals surface area contributed by atoms with Gasteiger partial charge in [0.2, 0.25) is 5.91 Å². The van der Waals surface area contributed by atoms with Crippen molar-refractivity contribution in [1.82, 2.24) is 15.2 Å². The molecule has 31 heavy (non-hydrogen) atoms. The molecule has 164 valence electrons. The highest BCUT2D eigenvalue weighted by atomic mass is 16.5. The summed E-state index contributed by atoms with van der Waals surface area (Å²) in [6.07, 6.45) is 6.47. The van der Waals surface area contributed by atoms with E-state index in [0.29, 0.717) is 26.0 Å². The third-order valence-electron chi connectivity index (χ3n) is 5.88. The van der Waals surface area contributed by atoms with Crippen molar-refractivity contribution < 1.29 is 14.3 Å². The number of carbonyl (C=O) groups is 2. The molecule has 1 atom stereocenters. The Kier molecular flexibility index (Phi) is 6.37. The number of hydrogen-bond donors (Lipinski definition) is 1. The van der Waals surface area contributed by atoms with Gasteiger partial charge in [0.25, 0.3) is 5.91 Å². The monoisotopic (exact) mass is 421 g/mol. The fourth-order valence-electron chi connectivity index (χ4n) is 4.08. The van der Waals surface area contributed by atoms with E-state index in [0.717, 1.165) is 29.5 Å². The van der Waals surface area contributed by atoms with Crippen molar-refractivity contribution in [1.29, 1.82) is 0 Å². The molecule has 2 heterocycles. The van der Waals surface area contributed by atoms with Gasteiger partial charge in [-0.15, -0.1) is 0 Å². The number of hydrogen-bond acceptors (Lipinski definition) is 4. The number of morpholine rings is 1. The molecule has 6 heteroatoms. The number of amides is 2. The Bertz CT molecular complexity index is 927. The van der Waals surface area contributed by atoms with E-state index in [1.807, 2.05) is 43.0 Å². The Balaban J connectivity index is 1.59. The van der Waals surface area contributed by atoms with E-state index in [1.54, 1.807) is 12.4 Å². The van der Waals surface area contributed by atoms with Crippen molar-refractivity contribution >= 4 is 11.8 Å². The maximum absolute atomic E-state index is 13.3. The highest BCUT2D eigenvalue weighted by molar-refractivity contribution is 5.88. The number of nitrogens with one attached hydrogen (secondary N) is 1. The van der Waals surface area contributed by atoms with Gasteiger partial charge in [-0.1, -0.05) is 38.1 Å². The van der Waals surface area contributed by atoms with Crippen molar-refractivity contribution in [3.8, 4) is 11.1 Å². The number of aromatic nitrogens is 1. The first-order valence-electron chi connectivity index (χ1n) is 11.2. The van der Waals surface area contributed by atoms with Gasteiger partial charge in [-0.05, 0) is 47.6 Å². The van der Waals surface area contributed by atoms with Crippen LogP contribution < -0.4 is 5.32 Å². The molecule has 0 radical (unpaired) electrons. The number of carbonyl (C=O) groups excluding carboxylic acids is 2. The molecular weight excluding hydrogens is 390 g/mol. The summed E-state index contributed by atoms with van der Waals surface area (Å²) in [5.74, 6) is 0.265. The van der Waals surface area contributed by atoms with Crippen molar-refractivity contribution in [3.05, 3.63) is 54.4 Å². The van der Waals surface area contributed by atoms with Crippen LogP contribution in [0, 0.1) is 5.92 Å². The summed E-state index contributed by atoms with van der Waals surface area (Å²) >= 11 is 0. The van der Waals surface area contributed by atoms with Gasteiger partial charge in [0, 0.05) is 37.8 Å². The third-order valence-corrected chi connectivity index (χ3v) is 5.88. The highest BCUT2D eigenvalue weighted by Crippen LogP contribution is 2.29. The molecule has 1 aliphatic carbocycles. The molecule has 1 saturated heterocycles. The maximum Gasteiger partial charge on any atom is 0.254 e. The summed E-state index contributed by atoms with van der Waals surface area (Å²) in [7, 11) is 0. The predicted octanol–water partition coefficient (Wildman–Crippen LogP) is 3.21. The van der Waals surface area contributed by atoms with E-state index >= 15 is 0 Å². The van der Waals surface area contributed by atoms with Crippen molar-refractivity contribution in [3.63, 3.8) is 0 Å². The quantitative estimate of drug-likeness (QED) is 0.745. The van der Waals surface area contributed by atoms with Crippen LogP contribution in [-0.4, -0.2) is 53.0 Å². The lowest BCUT2D eigenvalue weighted by Gasteiger charge is -2.42. The van der Waals surface area contributed by atoms with Crippen molar-refractivity contribution in [2.75, 3.05) is 19.7 Å². The average Bonchev–Trinajstić information content (AvgIpc) is 3.58. The maximum atomic E-state index is 13.3. The van der Waals surface area contributed by atoms with Crippen LogP contribution in [0.4, 0.5) is 0 Å². The Morgan fingerprint density at radius 2 is 1.97 bits per heavy atom. The van der Waals surface area contributed by atoms with Gasteiger partial charge in [-0.3, -0.25) is 14.6 Å².